The molecule has 0 fully saturated rings. The fourth-order valence-corrected chi connectivity index (χ4v) is 5.17. The minimum absolute atomic E-state index is 0. The summed E-state index contributed by atoms with van der Waals surface area (Å²) >= 11 is 0. The van der Waals surface area contributed by atoms with Crippen molar-refractivity contribution in [1.82, 2.24) is 0 Å². The van der Waals surface area contributed by atoms with Crippen LogP contribution in [0.3, 0.4) is 0 Å². The predicted octanol–water partition coefficient (Wildman–Crippen LogP) is 0.912. The van der Waals surface area contributed by atoms with Gasteiger partial charge in [-0.05, 0) is 35.1 Å². The number of hydrogen-bond acceptors (Lipinski definition) is 0. The van der Waals surface area contributed by atoms with Gasteiger partial charge in [0.25, 0.3) is 0 Å². The minimum Gasteiger partial charge on any atom is -1.00 e. The molecule has 0 nitrogen and oxygen atoms in total. The van der Waals surface area contributed by atoms with Crippen molar-refractivity contribution in [3.63, 3.8) is 0 Å². The average molecular weight is 488 g/mol. The van der Waals surface area contributed by atoms with Gasteiger partial charge in [0.05, 0.1) is 0 Å². The largest absolute Gasteiger partial charge is 3.00 e. The first kappa shape index (κ1) is 23.7. The van der Waals surface area contributed by atoms with Gasteiger partial charge in [-0.15, -0.1) is 12.0 Å². The Bertz CT molecular complexity index is 884. The molecule has 143 valence electrons. The van der Waals surface area contributed by atoms with Crippen molar-refractivity contribution in [3.05, 3.63) is 88.4 Å². The summed E-state index contributed by atoms with van der Waals surface area (Å²) in [6.45, 7) is 2.33. The van der Waals surface area contributed by atoms with Crippen LogP contribution in [0.1, 0.15) is 73.1 Å². The molecule has 0 saturated heterocycles. The van der Waals surface area contributed by atoms with Crippen molar-refractivity contribution >= 4 is 11.6 Å². The van der Waals surface area contributed by atoms with Crippen LogP contribution in [0.15, 0.2) is 60.2 Å². The molecule has 0 amide bonds. The number of fused-ring (bicyclic) bond motifs is 3. The van der Waals surface area contributed by atoms with Crippen LogP contribution in [0.2, 0.25) is 0 Å². The molecule has 0 heterocycles. The molecule has 0 aliphatic heterocycles. The molecule has 2 aromatic rings. The van der Waals surface area contributed by atoms with E-state index in [1.807, 2.05) is 0 Å². The minimum atomic E-state index is 0. The fourth-order valence-electron chi connectivity index (χ4n) is 5.17. The number of benzene rings is 2. The third-order valence-electron chi connectivity index (χ3n) is 6.56. The van der Waals surface area contributed by atoms with Crippen molar-refractivity contribution in [2.75, 3.05) is 0 Å². The van der Waals surface area contributed by atoms with Crippen LogP contribution in [0, 0.1) is 5.92 Å². The molecule has 3 aliphatic rings. The number of hydrogen-bond donors (Lipinski definition) is 0. The van der Waals surface area contributed by atoms with Gasteiger partial charge in [-0.1, -0.05) is 79.1 Å². The van der Waals surface area contributed by atoms with Gasteiger partial charge in [-0.25, -0.2) is 0 Å². The molecule has 0 spiro atoms. The first-order valence-corrected chi connectivity index (χ1v) is 9.79. The van der Waals surface area contributed by atoms with Crippen LogP contribution < -0.4 is 24.8 Å². The molecule has 5 rings (SSSR count). The van der Waals surface area contributed by atoms with Crippen LogP contribution in [0.25, 0.3) is 11.6 Å². The SMILES string of the molecule is CC[C-](CCC1C2=C(CC2)c2ccccc21)C1C=Cc2ccccc21.[Cl-].[Cl-].[Zr+3]. The van der Waals surface area contributed by atoms with Gasteiger partial charge in [-0.3, -0.25) is 0 Å². The topological polar surface area (TPSA) is 0 Å². The normalized spacial score (nSPS) is 20.4. The van der Waals surface area contributed by atoms with Gasteiger partial charge >= 0.3 is 26.2 Å². The second-order valence-electron chi connectivity index (χ2n) is 7.66. The Labute approximate surface area is 200 Å². The molecule has 2 atom stereocenters. The van der Waals surface area contributed by atoms with Gasteiger partial charge in [-0.2, -0.15) is 12.8 Å². The molecule has 3 heteroatoms. The Morgan fingerprint density at radius 1 is 0.929 bits per heavy atom. The smallest absolute Gasteiger partial charge is 1.00 e. The summed E-state index contributed by atoms with van der Waals surface area (Å²) in [5.74, 6) is 2.92. The standard InChI is InChI=1S/C25H25.2ClH.Zr/c1-2-17(20-13-12-18-7-3-4-8-19(18)20)11-14-23-21-9-5-6-10-22(21)24-15-16-25(23)24;;;/h3-10,12-13,20,23H,2,11,14-16H2,1H3;2*1H;/q-1;;;+3/p-2. The maximum Gasteiger partial charge on any atom is 3.00 e. The van der Waals surface area contributed by atoms with Gasteiger partial charge in [0.2, 0.25) is 0 Å². The quantitative estimate of drug-likeness (QED) is 0.551. The number of rotatable bonds is 5. The molecule has 3 aliphatic carbocycles. The molecule has 0 saturated carbocycles. The fraction of sp³-hybridized carbons (Fsp3) is 0.320. The average Bonchev–Trinajstić information content (AvgIpc) is 3.13. The van der Waals surface area contributed by atoms with Crippen LogP contribution in [-0.2, 0) is 26.2 Å². The summed E-state index contributed by atoms with van der Waals surface area (Å²) in [5, 5.41) is 0. The van der Waals surface area contributed by atoms with E-state index in [0.717, 1.165) is 0 Å². The molecule has 1 radical (unpaired) electrons. The Kier molecular flexibility index (Phi) is 8.39. The summed E-state index contributed by atoms with van der Waals surface area (Å²) in [5.41, 5.74) is 9.49. The van der Waals surface area contributed by atoms with Crippen molar-refractivity contribution in [2.24, 2.45) is 0 Å². The van der Waals surface area contributed by atoms with Crippen molar-refractivity contribution < 1.29 is 51.0 Å². The molecule has 28 heavy (non-hydrogen) atoms. The zero-order chi connectivity index (χ0) is 16.8. The maximum atomic E-state index is 2.42. The van der Waals surface area contributed by atoms with Gasteiger partial charge in [0.1, 0.15) is 0 Å². The Morgan fingerprint density at radius 3 is 2.36 bits per heavy atom. The zero-order valence-electron chi connectivity index (χ0n) is 16.2. The van der Waals surface area contributed by atoms with E-state index in [2.05, 4.69) is 67.6 Å². The second-order valence-corrected chi connectivity index (χ2v) is 7.66. The molecule has 2 aromatic carbocycles. The second kappa shape index (κ2) is 9.93. The van der Waals surface area contributed by atoms with Crippen LogP contribution in [0.5, 0.6) is 0 Å². The Hall–Kier alpha value is -0.617. The van der Waals surface area contributed by atoms with E-state index in [1.54, 1.807) is 28.2 Å². The van der Waals surface area contributed by atoms with E-state index in [0.29, 0.717) is 11.8 Å². The summed E-state index contributed by atoms with van der Waals surface area (Å²) in [4.78, 5) is 0. The van der Waals surface area contributed by atoms with Crippen molar-refractivity contribution in [2.45, 2.75) is 50.9 Å². The van der Waals surface area contributed by atoms with E-state index in [9.17, 15) is 0 Å². The Balaban J connectivity index is 0.000000934. The van der Waals surface area contributed by atoms with E-state index in [4.69, 9.17) is 0 Å². The van der Waals surface area contributed by atoms with Crippen LogP contribution in [0.4, 0.5) is 0 Å². The number of allylic oxidation sites excluding steroid dienone is 3. The maximum absolute atomic E-state index is 2.42. The monoisotopic (exact) mass is 485 g/mol. The first-order chi connectivity index (χ1) is 12.4. The third-order valence-corrected chi connectivity index (χ3v) is 6.56. The molecule has 0 bridgehead atoms. The summed E-state index contributed by atoms with van der Waals surface area (Å²) < 4.78 is 0. The molecule has 2 unspecified atom stereocenters. The van der Waals surface area contributed by atoms with Crippen LogP contribution in [-0.4, -0.2) is 0 Å². The van der Waals surface area contributed by atoms with Gasteiger partial charge in [0.15, 0.2) is 0 Å². The van der Waals surface area contributed by atoms with Gasteiger partial charge < -0.3 is 30.7 Å². The van der Waals surface area contributed by atoms with Gasteiger partial charge in [0, 0.05) is 5.92 Å². The van der Waals surface area contributed by atoms with E-state index in [1.165, 1.54) is 43.2 Å². The Morgan fingerprint density at radius 2 is 1.64 bits per heavy atom. The predicted molar refractivity (Wildman–Crippen MR) is 106 cm³/mol. The summed E-state index contributed by atoms with van der Waals surface area (Å²) in [6, 6.07) is 18.0. The molecule has 0 aromatic heterocycles. The van der Waals surface area contributed by atoms with Crippen molar-refractivity contribution in [3.8, 4) is 0 Å². The van der Waals surface area contributed by atoms with E-state index >= 15 is 0 Å². The molecular formula is C25H25Cl2Zr. The zero-order valence-corrected chi connectivity index (χ0v) is 20.2. The van der Waals surface area contributed by atoms with E-state index < -0.39 is 0 Å². The van der Waals surface area contributed by atoms with Crippen molar-refractivity contribution in [1.29, 1.82) is 0 Å². The first-order valence-electron chi connectivity index (χ1n) is 9.79. The van der Waals surface area contributed by atoms with E-state index in [-0.39, 0.29) is 51.0 Å². The van der Waals surface area contributed by atoms with Crippen LogP contribution >= 0.6 is 0 Å². The molecular weight excluding hydrogens is 462 g/mol. The summed E-state index contributed by atoms with van der Waals surface area (Å²) in [7, 11) is 0. The molecule has 0 N–H and O–H groups in total. The summed E-state index contributed by atoms with van der Waals surface area (Å²) in [6.07, 6.45) is 11.1. The number of halogens is 2. The third kappa shape index (κ3) is 3.88.